The topological polar surface area (TPSA) is 50.9 Å². The predicted molar refractivity (Wildman–Crippen MR) is 83.4 cm³/mol. The van der Waals surface area contributed by atoms with E-state index in [1.54, 1.807) is 0 Å². The predicted octanol–water partition coefficient (Wildman–Crippen LogP) is 3.97. The van der Waals surface area contributed by atoms with Crippen LogP contribution < -0.4 is 11.1 Å². The number of hydrogen-bond donors (Lipinski definition) is 2. The van der Waals surface area contributed by atoms with Crippen molar-refractivity contribution in [2.45, 2.75) is 40.2 Å². The lowest BCUT2D eigenvalue weighted by Crippen LogP contribution is -2.23. The second-order valence-electron chi connectivity index (χ2n) is 5.39. The summed E-state index contributed by atoms with van der Waals surface area (Å²) in [6, 6.07) is 6.54. The summed E-state index contributed by atoms with van der Waals surface area (Å²) in [7, 11) is 0. The molecule has 0 saturated heterocycles. The lowest BCUT2D eigenvalue weighted by atomic mass is 10.00. The van der Waals surface area contributed by atoms with Crippen molar-refractivity contribution in [1.29, 1.82) is 0 Å². The molecule has 19 heavy (non-hydrogen) atoms. The zero-order valence-electron chi connectivity index (χ0n) is 12.2. The summed E-state index contributed by atoms with van der Waals surface area (Å²) < 4.78 is 0. The molecule has 0 aliphatic carbocycles. The highest BCUT2D eigenvalue weighted by atomic mass is 14.9. The van der Waals surface area contributed by atoms with E-state index in [1.165, 1.54) is 6.42 Å². The molecule has 0 aliphatic heterocycles. The minimum absolute atomic E-state index is 0.435. The first-order valence-electron chi connectivity index (χ1n) is 6.94. The lowest BCUT2D eigenvalue weighted by Gasteiger charge is -2.22. The molecule has 2 rings (SSSR count). The fourth-order valence-corrected chi connectivity index (χ4v) is 2.23. The van der Waals surface area contributed by atoms with E-state index < -0.39 is 0 Å². The molecule has 3 N–H and O–H groups in total. The normalized spacial score (nSPS) is 14.3. The summed E-state index contributed by atoms with van der Waals surface area (Å²) in [5.41, 5.74) is 8.96. The molecule has 3 heteroatoms. The molecular weight excluding hydrogens is 234 g/mol. The monoisotopic (exact) mass is 257 g/mol. The van der Waals surface area contributed by atoms with Crippen molar-refractivity contribution < 1.29 is 0 Å². The van der Waals surface area contributed by atoms with E-state index in [0.29, 0.717) is 12.0 Å². The molecule has 1 heterocycles. The number of pyridine rings is 1. The van der Waals surface area contributed by atoms with Crippen LogP contribution in [0.5, 0.6) is 0 Å². The first-order valence-corrected chi connectivity index (χ1v) is 6.94. The van der Waals surface area contributed by atoms with Gasteiger partial charge in [0.2, 0.25) is 0 Å². The molecule has 1 aromatic carbocycles. The first-order chi connectivity index (χ1) is 9.02. The second kappa shape index (κ2) is 5.47. The number of rotatable bonds is 4. The van der Waals surface area contributed by atoms with Crippen molar-refractivity contribution in [1.82, 2.24) is 4.98 Å². The van der Waals surface area contributed by atoms with Crippen LogP contribution in [-0.2, 0) is 0 Å². The number of aryl methyl sites for hydroxylation is 1. The van der Waals surface area contributed by atoms with Gasteiger partial charge in [0, 0.05) is 40.1 Å². The van der Waals surface area contributed by atoms with Crippen LogP contribution in [-0.4, -0.2) is 11.0 Å². The molecule has 0 aliphatic rings. The maximum atomic E-state index is 6.02. The number of fused-ring (bicyclic) bond motifs is 1. The molecular formula is C16H23N3. The Morgan fingerprint density at radius 2 is 2.00 bits per heavy atom. The lowest BCUT2D eigenvalue weighted by molar-refractivity contribution is 0.495. The van der Waals surface area contributed by atoms with Gasteiger partial charge in [-0.2, -0.15) is 0 Å². The molecule has 3 nitrogen and oxygen atoms in total. The summed E-state index contributed by atoms with van der Waals surface area (Å²) >= 11 is 0. The van der Waals surface area contributed by atoms with Gasteiger partial charge in [0.05, 0.1) is 0 Å². The van der Waals surface area contributed by atoms with Crippen molar-refractivity contribution in [3.8, 4) is 0 Å². The first kappa shape index (κ1) is 13.7. The largest absolute Gasteiger partial charge is 0.398 e. The van der Waals surface area contributed by atoms with E-state index in [-0.39, 0.29) is 0 Å². The molecule has 102 valence electrons. The summed E-state index contributed by atoms with van der Waals surface area (Å²) in [5, 5.41) is 5.78. The number of anilines is 2. The van der Waals surface area contributed by atoms with Crippen LogP contribution in [0, 0.1) is 12.8 Å². The van der Waals surface area contributed by atoms with E-state index in [4.69, 9.17) is 5.73 Å². The van der Waals surface area contributed by atoms with Gasteiger partial charge in [-0.25, -0.2) is 0 Å². The number of nitrogen functional groups attached to an aromatic ring is 1. The zero-order chi connectivity index (χ0) is 14.0. The minimum atomic E-state index is 0.435. The average molecular weight is 257 g/mol. The van der Waals surface area contributed by atoms with Gasteiger partial charge in [0.1, 0.15) is 0 Å². The Hall–Kier alpha value is -1.77. The van der Waals surface area contributed by atoms with E-state index in [9.17, 15) is 0 Å². The van der Waals surface area contributed by atoms with Gasteiger partial charge < -0.3 is 11.1 Å². The molecule has 0 fully saturated rings. The summed E-state index contributed by atoms with van der Waals surface area (Å²) in [6.45, 7) is 8.72. The van der Waals surface area contributed by atoms with Crippen LogP contribution in [0.4, 0.5) is 11.4 Å². The highest BCUT2D eigenvalue weighted by molar-refractivity contribution is 6.00. The van der Waals surface area contributed by atoms with Crippen molar-refractivity contribution in [3.05, 3.63) is 30.1 Å². The number of nitrogens with two attached hydrogens (primary N) is 1. The van der Waals surface area contributed by atoms with Gasteiger partial charge >= 0.3 is 0 Å². The van der Waals surface area contributed by atoms with Gasteiger partial charge in [-0.05, 0) is 38.0 Å². The quantitative estimate of drug-likeness (QED) is 0.815. The maximum absolute atomic E-state index is 6.02. The van der Waals surface area contributed by atoms with E-state index in [2.05, 4.69) is 43.2 Å². The third kappa shape index (κ3) is 2.80. The van der Waals surface area contributed by atoms with E-state index >= 15 is 0 Å². The van der Waals surface area contributed by atoms with Crippen LogP contribution >= 0.6 is 0 Å². The molecule has 1 aromatic heterocycles. The molecule has 0 radical (unpaired) electrons. The van der Waals surface area contributed by atoms with Crippen molar-refractivity contribution in [2.24, 2.45) is 5.92 Å². The van der Waals surface area contributed by atoms with Crippen molar-refractivity contribution in [3.63, 3.8) is 0 Å². The van der Waals surface area contributed by atoms with Crippen molar-refractivity contribution in [2.75, 3.05) is 11.1 Å². The standard InChI is InChI=1S/C16H23N3/c1-5-10(2)12(4)19-16-7-6-15(17)14-9-18-11(3)8-13(14)16/h6-10,12,19H,5,17H2,1-4H3. The number of benzene rings is 1. The Morgan fingerprint density at radius 1 is 1.26 bits per heavy atom. The Morgan fingerprint density at radius 3 is 2.68 bits per heavy atom. The summed E-state index contributed by atoms with van der Waals surface area (Å²) in [4.78, 5) is 4.33. The van der Waals surface area contributed by atoms with Gasteiger partial charge in [-0.3, -0.25) is 4.98 Å². The smallest absolute Gasteiger partial charge is 0.0424 e. The fourth-order valence-electron chi connectivity index (χ4n) is 2.23. The van der Waals surface area contributed by atoms with Gasteiger partial charge in [0.15, 0.2) is 0 Å². The number of aromatic nitrogens is 1. The Kier molecular flexibility index (Phi) is 3.93. The van der Waals surface area contributed by atoms with Crippen LogP contribution in [0.2, 0.25) is 0 Å². The Balaban J connectivity index is 2.43. The summed E-state index contributed by atoms with van der Waals surface area (Å²) in [5.74, 6) is 0.635. The van der Waals surface area contributed by atoms with Crippen LogP contribution in [0.3, 0.4) is 0 Å². The molecule has 0 saturated carbocycles. The fraction of sp³-hybridized carbons (Fsp3) is 0.438. The Labute approximate surface area is 115 Å². The second-order valence-corrected chi connectivity index (χ2v) is 5.39. The van der Waals surface area contributed by atoms with Crippen LogP contribution in [0.1, 0.15) is 32.9 Å². The van der Waals surface area contributed by atoms with E-state index in [0.717, 1.165) is 27.8 Å². The van der Waals surface area contributed by atoms with Gasteiger partial charge in [-0.15, -0.1) is 0 Å². The molecule has 2 atom stereocenters. The van der Waals surface area contributed by atoms with Gasteiger partial charge in [0.25, 0.3) is 0 Å². The third-order valence-electron chi connectivity index (χ3n) is 3.95. The van der Waals surface area contributed by atoms with Gasteiger partial charge in [-0.1, -0.05) is 20.3 Å². The molecule has 0 spiro atoms. The number of nitrogens with zero attached hydrogens (tertiary/aromatic N) is 1. The molecule has 2 unspecified atom stereocenters. The molecule has 0 bridgehead atoms. The zero-order valence-corrected chi connectivity index (χ0v) is 12.2. The average Bonchev–Trinajstić information content (AvgIpc) is 2.40. The third-order valence-corrected chi connectivity index (χ3v) is 3.95. The number of hydrogen-bond acceptors (Lipinski definition) is 3. The highest BCUT2D eigenvalue weighted by Crippen LogP contribution is 2.29. The van der Waals surface area contributed by atoms with Crippen molar-refractivity contribution >= 4 is 22.1 Å². The minimum Gasteiger partial charge on any atom is -0.398 e. The molecule has 2 aromatic rings. The van der Waals surface area contributed by atoms with Crippen LogP contribution in [0.25, 0.3) is 10.8 Å². The van der Waals surface area contributed by atoms with E-state index in [1.807, 2.05) is 19.2 Å². The molecule has 0 amide bonds. The maximum Gasteiger partial charge on any atom is 0.0424 e. The SMILES string of the molecule is CCC(C)C(C)Nc1ccc(N)c2cnc(C)cc12. The Bertz CT molecular complexity index is 577. The van der Waals surface area contributed by atoms with Crippen LogP contribution in [0.15, 0.2) is 24.4 Å². The highest BCUT2D eigenvalue weighted by Gasteiger charge is 2.12. The summed E-state index contributed by atoms with van der Waals surface area (Å²) in [6.07, 6.45) is 3.03. The number of nitrogens with one attached hydrogen (secondary N) is 1.